The summed E-state index contributed by atoms with van der Waals surface area (Å²) in [6, 6.07) is 3.43. The van der Waals surface area contributed by atoms with Gasteiger partial charge in [-0.15, -0.1) is 0 Å². The number of non-ortho nitro benzene ring substituents is 1. The zero-order valence-corrected chi connectivity index (χ0v) is 21.1. The molecule has 0 aliphatic rings. The normalized spacial score (nSPS) is 12.1. The number of nitrogens with zero attached hydrogens (tertiary/aromatic N) is 1. The van der Waals surface area contributed by atoms with Crippen molar-refractivity contribution in [3.63, 3.8) is 0 Å². The average molecular weight is 509 g/mol. The molecule has 0 radical (unpaired) electrons. The number of benzene rings is 1. The first-order valence-corrected chi connectivity index (χ1v) is 11.0. The molecule has 0 aliphatic heterocycles. The quantitative estimate of drug-likeness (QED) is 0.236. The van der Waals surface area contributed by atoms with Crippen molar-refractivity contribution in [2.24, 2.45) is 0 Å². The molecule has 0 fully saturated rings. The van der Waals surface area contributed by atoms with E-state index in [2.05, 4.69) is 16.0 Å². The van der Waals surface area contributed by atoms with Crippen LogP contribution in [0, 0.1) is 10.1 Å². The van der Waals surface area contributed by atoms with Crippen molar-refractivity contribution in [1.82, 2.24) is 16.0 Å². The van der Waals surface area contributed by atoms with E-state index in [1.165, 1.54) is 12.1 Å². The summed E-state index contributed by atoms with van der Waals surface area (Å²) in [4.78, 5) is 71.1. The first-order valence-electron chi connectivity index (χ1n) is 11.0. The number of nitro groups is 1. The summed E-state index contributed by atoms with van der Waals surface area (Å²) in [5.74, 6) is -3.70. The lowest BCUT2D eigenvalue weighted by Gasteiger charge is -2.25. The highest BCUT2D eigenvalue weighted by molar-refractivity contribution is 5.97. The third kappa shape index (κ3) is 11.9. The van der Waals surface area contributed by atoms with Crippen molar-refractivity contribution in [1.29, 1.82) is 0 Å². The smallest absolute Gasteiger partial charge is 0.329 e. The van der Waals surface area contributed by atoms with Crippen LogP contribution < -0.4 is 16.0 Å². The molecule has 1 aromatic carbocycles. The van der Waals surface area contributed by atoms with Crippen LogP contribution in [-0.2, 0) is 28.7 Å². The van der Waals surface area contributed by atoms with E-state index in [1.807, 2.05) is 0 Å². The highest BCUT2D eigenvalue weighted by Gasteiger charge is 2.30. The molecule has 0 spiro atoms. The van der Waals surface area contributed by atoms with Crippen LogP contribution in [0.25, 0.3) is 0 Å². The number of carbonyl (C=O) groups is 5. The van der Waals surface area contributed by atoms with Crippen molar-refractivity contribution in [2.75, 3.05) is 13.1 Å². The highest BCUT2D eigenvalue weighted by atomic mass is 16.6. The molecule has 3 amide bonds. The number of hydrogen-bond acceptors (Lipinski definition) is 9. The molecule has 1 rings (SSSR count). The van der Waals surface area contributed by atoms with Crippen molar-refractivity contribution in [3.05, 3.63) is 39.9 Å². The molecule has 1 atom stereocenters. The van der Waals surface area contributed by atoms with Gasteiger partial charge in [0.2, 0.25) is 11.8 Å². The van der Waals surface area contributed by atoms with Crippen LogP contribution in [0.5, 0.6) is 0 Å². The molecule has 3 N–H and O–H groups in total. The van der Waals surface area contributed by atoms with Gasteiger partial charge in [-0.2, -0.15) is 0 Å². The van der Waals surface area contributed by atoms with Crippen LogP contribution in [0.2, 0.25) is 0 Å². The maximum Gasteiger partial charge on any atom is 0.329 e. The van der Waals surface area contributed by atoms with Crippen molar-refractivity contribution >= 4 is 35.3 Å². The van der Waals surface area contributed by atoms with Gasteiger partial charge >= 0.3 is 11.9 Å². The van der Waals surface area contributed by atoms with Gasteiger partial charge in [0.15, 0.2) is 0 Å². The highest BCUT2D eigenvalue weighted by Crippen LogP contribution is 2.13. The fraction of sp³-hybridized carbons (Fsp3) is 0.522. The molecular weight excluding hydrogens is 476 g/mol. The molecule has 0 aliphatic carbocycles. The van der Waals surface area contributed by atoms with E-state index < -0.39 is 71.3 Å². The molecule has 0 saturated heterocycles. The lowest BCUT2D eigenvalue weighted by atomic mass is 10.1. The molecular formula is C23H32N4O9. The zero-order chi connectivity index (χ0) is 27.7. The van der Waals surface area contributed by atoms with E-state index in [0.717, 1.165) is 12.1 Å². The molecule has 13 heteroatoms. The van der Waals surface area contributed by atoms with Crippen LogP contribution in [-0.4, -0.2) is 64.9 Å². The third-order valence-corrected chi connectivity index (χ3v) is 4.01. The minimum Gasteiger partial charge on any atom is -0.460 e. The van der Waals surface area contributed by atoms with E-state index in [0.29, 0.717) is 0 Å². The van der Waals surface area contributed by atoms with Gasteiger partial charge in [0, 0.05) is 17.7 Å². The third-order valence-electron chi connectivity index (χ3n) is 4.01. The molecule has 36 heavy (non-hydrogen) atoms. The van der Waals surface area contributed by atoms with Gasteiger partial charge in [-0.1, -0.05) is 0 Å². The van der Waals surface area contributed by atoms with E-state index >= 15 is 0 Å². The van der Waals surface area contributed by atoms with Gasteiger partial charge in [-0.05, 0) is 53.7 Å². The molecule has 0 aromatic heterocycles. The Bertz CT molecular complexity index is 992. The van der Waals surface area contributed by atoms with Crippen LogP contribution >= 0.6 is 0 Å². The fourth-order valence-corrected chi connectivity index (χ4v) is 2.60. The van der Waals surface area contributed by atoms with Gasteiger partial charge in [0.05, 0.1) is 24.4 Å². The summed E-state index contributed by atoms with van der Waals surface area (Å²) < 4.78 is 10.4. The largest absolute Gasteiger partial charge is 0.460 e. The van der Waals surface area contributed by atoms with Crippen LogP contribution in [0.15, 0.2) is 24.3 Å². The lowest BCUT2D eigenvalue weighted by Crippen LogP contribution is -2.49. The number of esters is 2. The Morgan fingerprint density at radius 3 is 1.89 bits per heavy atom. The maximum absolute atomic E-state index is 12.5. The fourth-order valence-electron chi connectivity index (χ4n) is 2.60. The first kappa shape index (κ1) is 30.0. The van der Waals surface area contributed by atoms with E-state index in [-0.39, 0.29) is 11.3 Å². The predicted molar refractivity (Wildman–Crippen MR) is 127 cm³/mol. The number of carbonyl (C=O) groups excluding carboxylic acids is 5. The molecule has 1 aromatic rings. The van der Waals surface area contributed by atoms with Gasteiger partial charge in [-0.3, -0.25) is 29.3 Å². The lowest BCUT2D eigenvalue weighted by molar-refractivity contribution is -0.384. The van der Waals surface area contributed by atoms with Gasteiger partial charge < -0.3 is 25.4 Å². The summed E-state index contributed by atoms with van der Waals surface area (Å²) >= 11 is 0. The Labute approximate surface area is 208 Å². The topological polar surface area (TPSA) is 183 Å². The SMILES string of the molecule is CC(C)(C)OC(=O)CC(NC(=O)CNC(=O)CNC(=O)c1ccc([N+](=O)[O-])cc1)C(=O)OC(C)(C)C. The Hall–Kier alpha value is -4.03. The second-order valence-electron chi connectivity index (χ2n) is 9.71. The minimum atomic E-state index is -1.34. The van der Waals surface area contributed by atoms with Gasteiger partial charge in [0.1, 0.15) is 17.2 Å². The summed E-state index contributed by atoms with van der Waals surface area (Å²) in [5, 5.41) is 17.6. The molecule has 0 heterocycles. The van der Waals surface area contributed by atoms with Crippen LogP contribution in [0.4, 0.5) is 5.69 Å². The van der Waals surface area contributed by atoms with Crippen LogP contribution in [0.1, 0.15) is 58.3 Å². The maximum atomic E-state index is 12.5. The number of nitrogens with one attached hydrogen (secondary N) is 3. The molecule has 13 nitrogen and oxygen atoms in total. The summed E-state index contributed by atoms with van der Waals surface area (Å²) in [6.07, 6.45) is -0.475. The van der Waals surface area contributed by atoms with E-state index in [1.54, 1.807) is 41.5 Å². The molecule has 198 valence electrons. The monoisotopic (exact) mass is 508 g/mol. The Balaban J connectivity index is 2.62. The summed E-state index contributed by atoms with van der Waals surface area (Å²) in [7, 11) is 0. The second kappa shape index (κ2) is 12.6. The Kier molecular flexibility index (Phi) is 10.5. The van der Waals surface area contributed by atoms with Crippen LogP contribution in [0.3, 0.4) is 0 Å². The first-order chi connectivity index (χ1) is 16.5. The molecule has 0 saturated carbocycles. The van der Waals surface area contributed by atoms with Gasteiger partial charge in [0.25, 0.3) is 11.6 Å². The van der Waals surface area contributed by atoms with Crippen molar-refractivity contribution in [3.8, 4) is 0 Å². The molecule has 1 unspecified atom stereocenters. The van der Waals surface area contributed by atoms with Crippen molar-refractivity contribution < 1.29 is 38.4 Å². The van der Waals surface area contributed by atoms with Crippen molar-refractivity contribution in [2.45, 2.75) is 65.2 Å². The number of hydrogen-bond donors (Lipinski definition) is 3. The number of nitro benzene ring substituents is 1. The number of amides is 3. The zero-order valence-electron chi connectivity index (χ0n) is 21.1. The Morgan fingerprint density at radius 1 is 0.861 bits per heavy atom. The second-order valence-corrected chi connectivity index (χ2v) is 9.71. The number of ether oxygens (including phenoxy) is 2. The summed E-state index contributed by atoms with van der Waals surface area (Å²) in [6.45, 7) is 8.83. The predicted octanol–water partition coefficient (Wildman–Crippen LogP) is 0.999. The standard InChI is InChI=1S/C23H32N4O9/c1-22(2,3)35-19(30)11-16(21(32)36-23(4,5)6)26-18(29)13-24-17(28)12-25-20(31)14-7-9-15(10-8-14)27(33)34/h7-10,16H,11-13H2,1-6H3,(H,24,28)(H,25,31)(H,26,29). The number of rotatable bonds is 10. The van der Waals surface area contributed by atoms with Gasteiger partial charge in [-0.25, -0.2) is 4.79 Å². The average Bonchev–Trinajstić information content (AvgIpc) is 2.73. The summed E-state index contributed by atoms with van der Waals surface area (Å²) in [5.41, 5.74) is -1.75. The van der Waals surface area contributed by atoms with E-state index in [4.69, 9.17) is 9.47 Å². The Morgan fingerprint density at radius 2 is 1.39 bits per heavy atom. The van der Waals surface area contributed by atoms with E-state index in [9.17, 15) is 34.1 Å². The molecule has 0 bridgehead atoms. The minimum absolute atomic E-state index is 0.105.